The highest BCUT2D eigenvalue weighted by Crippen LogP contribution is 2.29. The highest BCUT2D eigenvalue weighted by Gasteiger charge is 2.36. The van der Waals surface area contributed by atoms with Crippen molar-refractivity contribution in [2.24, 2.45) is 0 Å². The highest BCUT2D eigenvalue weighted by atomic mass is 35.5. The van der Waals surface area contributed by atoms with Crippen LogP contribution >= 0.6 is 24.8 Å². The summed E-state index contributed by atoms with van der Waals surface area (Å²) in [7, 11) is 1.96. The summed E-state index contributed by atoms with van der Waals surface area (Å²) < 4.78 is 0. The number of carbonyl (C=O) groups is 1. The molecule has 1 amide bonds. The fourth-order valence-electron chi connectivity index (χ4n) is 3.93. The fourth-order valence-corrected chi connectivity index (χ4v) is 3.93. The Labute approximate surface area is 157 Å². The minimum atomic E-state index is 0. The summed E-state index contributed by atoms with van der Waals surface area (Å²) in [4.78, 5) is 14.5. The number of nitrogens with zero attached hydrogens (tertiary/aromatic N) is 1. The predicted octanol–water partition coefficient (Wildman–Crippen LogP) is 3.30. The van der Waals surface area contributed by atoms with Gasteiger partial charge in [-0.3, -0.25) is 4.79 Å². The number of para-hydroxylation sites is 1. The Morgan fingerprint density at radius 1 is 1.17 bits per heavy atom. The maximum absolute atomic E-state index is 12.5. The topological polar surface area (TPSA) is 44.4 Å². The smallest absolute Gasteiger partial charge is 0.241 e. The second-order valence-corrected chi connectivity index (χ2v) is 6.89. The number of piperidine rings is 1. The normalized spacial score (nSPS) is 24.5. The molecule has 2 saturated heterocycles. The van der Waals surface area contributed by atoms with E-state index in [-0.39, 0.29) is 30.7 Å². The van der Waals surface area contributed by atoms with Crippen molar-refractivity contribution in [3.05, 3.63) is 29.3 Å². The molecule has 2 aliphatic heterocycles. The Bertz CT molecular complexity index is 535. The lowest BCUT2D eigenvalue weighted by Gasteiger charge is -2.35. The Balaban J connectivity index is 0.00000144. The molecule has 0 aromatic heterocycles. The van der Waals surface area contributed by atoms with E-state index in [1.54, 1.807) is 0 Å². The van der Waals surface area contributed by atoms with Crippen molar-refractivity contribution >= 4 is 36.4 Å². The number of anilines is 1. The van der Waals surface area contributed by atoms with Gasteiger partial charge in [0.15, 0.2) is 0 Å². The summed E-state index contributed by atoms with van der Waals surface area (Å²) in [6.45, 7) is 4.53. The third-order valence-electron chi connectivity index (χ3n) is 5.29. The van der Waals surface area contributed by atoms with E-state index in [0.717, 1.165) is 18.5 Å². The van der Waals surface area contributed by atoms with Crippen molar-refractivity contribution in [1.82, 2.24) is 10.2 Å². The molecule has 1 aromatic rings. The van der Waals surface area contributed by atoms with Gasteiger partial charge in [0.1, 0.15) is 0 Å². The van der Waals surface area contributed by atoms with E-state index in [9.17, 15) is 4.79 Å². The van der Waals surface area contributed by atoms with Crippen LogP contribution in [0.15, 0.2) is 18.2 Å². The minimum absolute atomic E-state index is 0. The minimum Gasteiger partial charge on any atom is -0.376 e. The van der Waals surface area contributed by atoms with Crippen molar-refractivity contribution in [2.75, 3.05) is 18.9 Å². The molecule has 6 heteroatoms. The Kier molecular flexibility index (Phi) is 7.84. The SMILES string of the molecule is Cc1cccc(C)c1NCC(=O)N(C)C1CC2CCC(C1)N2.Cl.Cl. The molecule has 2 atom stereocenters. The molecule has 4 nitrogen and oxygen atoms in total. The summed E-state index contributed by atoms with van der Waals surface area (Å²) >= 11 is 0. The molecule has 0 spiro atoms. The molecule has 3 rings (SSSR count). The summed E-state index contributed by atoms with van der Waals surface area (Å²) in [5.74, 6) is 0.189. The molecule has 2 bridgehead atoms. The maximum atomic E-state index is 12.5. The monoisotopic (exact) mass is 373 g/mol. The molecule has 2 fully saturated rings. The first-order chi connectivity index (χ1) is 10.5. The highest BCUT2D eigenvalue weighted by molar-refractivity contribution is 5.85. The number of hydrogen-bond donors (Lipinski definition) is 2. The van der Waals surface area contributed by atoms with Crippen molar-refractivity contribution in [1.29, 1.82) is 0 Å². The van der Waals surface area contributed by atoms with Gasteiger partial charge < -0.3 is 15.5 Å². The molecule has 2 heterocycles. The zero-order chi connectivity index (χ0) is 15.7. The van der Waals surface area contributed by atoms with Gasteiger partial charge in [-0.1, -0.05) is 18.2 Å². The second kappa shape index (κ2) is 8.93. The Hall–Kier alpha value is -0.970. The van der Waals surface area contributed by atoms with Crippen molar-refractivity contribution in [3.8, 4) is 0 Å². The van der Waals surface area contributed by atoms with E-state index in [4.69, 9.17) is 0 Å². The van der Waals surface area contributed by atoms with E-state index in [1.807, 2.05) is 11.9 Å². The largest absolute Gasteiger partial charge is 0.376 e. The molecule has 0 radical (unpaired) electrons. The van der Waals surface area contributed by atoms with Crippen LogP contribution in [0.3, 0.4) is 0 Å². The van der Waals surface area contributed by atoms with Gasteiger partial charge in [-0.25, -0.2) is 0 Å². The molecule has 2 aliphatic rings. The van der Waals surface area contributed by atoms with Gasteiger partial charge in [-0.15, -0.1) is 24.8 Å². The van der Waals surface area contributed by atoms with E-state index in [2.05, 4.69) is 42.7 Å². The molecule has 0 aliphatic carbocycles. The average molecular weight is 374 g/mol. The first kappa shape index (κ1) is 21.1. The molecule has 2 unspecified atom stereocenters. The number of benzene rings is 1. The van der Waals surface area contributed by atoms with Gasteiger partial charge in [0.05, 0.1) is 6.54 Å². The first-order valence-corrected chi connectivity index (χ1v) is 8.36. The van der Waals surface area contributed by atoms with Gasteiger partial charge in [0.25, 0.3) is 0 Å². The van der Waals surface area contributed by atoms with Gasteiger partial charge >= 0.3 is 0 Å². The number of fused-ring (bicyclic) bond motifs is 2. The quantitative estimate of drug-likeness (QED) is 0.850. The molecule has 24 heavy (non-hydrogen) atoms. The fraction of sp³-hybridized carbons (Fsp3) is 0.611. The lowest BCUT2D eigenvalue weighted by atomic mass is 9.98. The Morgan fingerprint density at radius 2 is 1.71 bits per heavy atom. The van der Waals surface area contributed by atoms with Crippen molar-refractivity contribution in [3.63, 3.8) is 0 Å². The maximum Gasteiger partial charge on any atom is 0.241 e. The number of likely N-dealkylation sites (N-methyl/N-ethyl adjacent to an activating group) is 1. The van der Waals surface area contributed by atoms with E-state index in [0.29, 0.717) is 24.7 Å². The van der Waals surface area contributed by atoms with Crippen LogP contribution < -0.4 is 10.6 Å². The number of nitrogens with one attached hydrogen (secondary N) is 2. The van der Waals surface area contributed by atoms with Crippen LogP contribution in [0, 0.1) is 13.8 Å². The van der Waals surface area contributed by atoms with Crippen LogP contribution in [-0.2, 0) is 4.79 Å². The third-order valence-corrected chi connectivity index (χ3v) is 5.29. The van der Waals surface area contributed by atoms with Crippen molar-refractivity contribution < 1.29 is 4.79 Å². The number of rotatable bonds is 4. The second-order valence-electron chi connectivity index (χ2n) is 6.89. The van der Waals surface area contributed by atoms with Crippen molar-refractivity contribution in [2.45, 2.75) is 57.7 Å². The summed E-state index contributed by atoms with van der Waals surface area (Å²) in [5, 5.41) is 6.97. The number of aryl methyl sites for hydroxylation is 2. The zero-order valence-corrected chi connectivity index (χ0v) is 16.3. The molecular formula is C18H29Cl2N3O. The van der Waals surface area contributed by atoms with Gasteiger partial charge in [0, 0.05) is 30.9 Å². The summed E-state index contributed by atoms with van der Waals surface area (Å²) in [5.41, 5.74) is 3.47. The zero-order valence-electron chi connectivity index (χ0n) is 14.7. The predicted molar refractivity (Wildman–Crippen MR) is 105 cm³/mol. The van der Waals surface area contributed by atoms with Crippen LogP contribution in [0.25, 0.3) is 0 Å². The molecule has 136 valence electrons. The van der Waals surface area contributed by atoms with Crippen LogP contribution in [0.5, 0.6) is 0 Å². The number of carbonyl (C=O) groups excluding carboxylic acids is 1. The van der Waals surface area contributed by atoms with Gasteiger partial charge in [-0.05, 0) is 50.7 Å². The third kappa shape index (κ3) is 4.56. The molecule has 0 saturated carbocycles. The van der Waals surface area contributed by atoms with Crippen LogP contribution in [0.4, 0.5) is 5.69 Å². The average Bonchev–Trinajstić information content (AvgIpc) is 2.84. The van der Waals surface area contributed by atoms with Gasteiger partial charge in [-0.2, -0.15) is 0 Å². The van der Waals surface area contributed by atoms with E-state index < -0.39 is 0 Å². The van der Waals surface area contributed by atoms with Gasteiger partial charge in [0.2, 0.25) is 5.91 Å². The molecule has 1 aromatic carbocycles. The molecule has 2 N–H and O–H groups in total. The van der Waals surface area contributed by atoms with Crippen LogP contribution in [-0.4, -0.2) is 42.5 Å². The molecular weight excluding hydrogens is 345 g/mol. The summed E-state index contributed by atoms with van der Waals surface area (Å²) in [6.07, 6.45) is 4.73. The lowest BCUT2D eigenvalue weighted by molar-refractivity contribution is -0.130. The standard InChI is InChI=1S/C18H27N3O.2ClH/c1-12-5-4-6-13(2)18(12)19-11-17(22)21(3)16-9-14-7-8-15(10-16)20-14;;/h4-6,14-16,19-20H,7-11H2,1-3H3;2*1H. The summed E-state index contributed by atoms with van der Waals surface area (Å²) in [6, 6.07) is 7.83. The lowest BCUT2D eigenvalue weighted by Crippen LogP contribution is -2.49. The number of hydrogen-bond acceptors (Lipinski definition) is 3. The number of halogens is 2. The van der Waals surface area contributed by atoms with Crippen LogP contribution in [0.2, 0.25) is 0 Å². The van der Waals surface area contributed by atoms with E-state index >= 15 is 0 Å². The van der Waals surface area contributed by atoms with E-state index in [1.165, 1.54) is 24.0 Å². The first-order valence-electron chi connectivity index (χ1n) is 8.36. The Morgan fingerprint density at radius 3 is 2.25 bits per heavy atom. The number of amides is 1. The van der Waals surface area contributed by atoms with Crippen LogP contribution in [0.1, 0.15) is 36.8 Å².